The van der Waals surface area contributed by atoms with Gasteiger partial charge in [-0.25, -0.2) is 4.79 Å². The van der Waals surface area contributed by atoms with Crippen LogP contribution >= 0.6 is 0 Å². The molecule has 1 rings (SSSR count). The highest BCUT2D eigenvalue weighted by atomic mass is 16.6. The second-order valence-corrected chi connectivity index (χ2v) is 5.89. The third-order valence-electron chi connectivity index (χ3n) is 3.18. The zero-order chi connectivity index (χ0) is 13.4. The van der Waals surface area contributed by atoms with Crippen LogP contribution in [0.4, 0.5) is 0 Å². The fraction of sp³-hybridized carbons (Fsp3) is 0.846. The van der Waals surface area contributed by atoms with E-state index in [0.717, 1.165) is 6.42 Å². The van der Waals surface area contributed by atoms with Gasteiger partial charge in [0, 0.05) is 0 Å². The van der Waals surface area contributed by atoms with E-state index in [1.54, 1.807) is 27.7 Å². The van der Waals surface area contributed by atoms with Crippen LogP contribution in [0.3, 0.4) is 0 Å². The maximum Gasteiger partial charge on any atom is 0.351 e. The Kier molecular flexibility index (Phi) is 3.55. The van der Waals surface area contributed by atoms with Gasteiger partial charge in [0.25, 0.3) is 0 Å². The summed E-state index contributed by atoms with van der Waals surface area (Å²) in [6.07, 6.45) is 0.832. The molecule has 98 valence electrons. The van der Waals surface area contributed by atoms with Gasteiger partial charge < -0.3 is 9.47 Å². The van der Waals surface area contributed by atoms with Crippen molar-refractivity contribution in [2.24, 2.45) is 11.8 Å². The fourth-order valence-electron chi connectivity index (χ4n) is 2.06. The molecular formula is C13H22O4. The molecule has 4 heteroatoms. The third kappa shape index (κ3) is 2.61. The number of hydrogen-bond donors (Lipinski definition) is 0. The minimum Gasteiger partial charge on any atom is -0.457 e. The molecule has 0 spiro atoms. The summed E-state index contributed by atoms with van der Waals surface area (Å²) in [7, 11) is 0. The molecule has 0 saturated carbocycles. The van der Waals surface area contributed by atoms with E-state index in [-0.39, 0.29) is 17.8 Å². The van der Waals surface area contributed by atoms with Crippen molar-refractivity contribution in [1.82, 2.24) is 0 Å². The lowest BCUT2D eigenvalue weighted by molar-refractivity contribution is -0.232. The molecule has 1 aliphatic rings. The smallest absolute Gasteiger partial charge is 0.351 e. The molecule has 0 aromatic heterocycles. The van der Waals surface area contributed by atoms with E-state index in [1.165, 1.54) is 0 Å². The Hall–Kier alpha value is -1.06. The Labute approximate surface area is 103 Å². The van der Waals surface area contributed by atoms with Crippen LogP contribution in [0.1, 0.15) is 48.0 Å². The molecule has 0 N–H and O–H groups in total. The van der Waals surface area contributed by atoms with Crippen molar-refractivity contribution >= 4 is 11.9 Å². The first-order valence-electron chi connectivity index (χ1n) is 6.08. The van der Waals surface area contributed by atoms with Crippen molar-refractivity contribution in [2.45, 2.75) is 59.2 Å². The molecule has 1 saturated heterocycles. The van der Waals surface area contributed by atoms with Crippen LogP contribution in [0.5, 0.6) is 0 Å². The monoisotopic (exact) mass is 242 g/mol. The van der Waals surface area contributed by atoms with E-state index in [4.69, 9.17) is 9.47 Å². The van der Waals surface area contributed by atoms with Gasteiger partial charge >= 0.3 is 11.9 Å². The molecule has 17 heavy (non-hydrogen) atoms. The van der Waals surface area contributed by atoms with Gasteiger partial charge in [0.15, 0.2) is 0 Å². The zero-order valence-electron chi connectivity index (χ0n) is 11.5. The summed E-state index contributed by atoms with van der Waals surface area (Å²) in [4.78, 5) is 23.5. The molecule has 0 amide bonds. The average molecular weight is 242 g/mol. The summed E-state index contributed by atoms with van der Waals surface area (Å²) >= 11 is 0. The molecule has 4 nitrogen and oxygen atoms in total. The second-order valence-electron chi connectivity index (χ2n) is 5.89. The van der Waals surface area contributed by atoms with E-state index in [2.05, 4.69) is 0 Å². The summed E-state index contributed by atoms with van der Waals surface area (Å²) in [6, 6.07) is 0. The number of cyclic esters (lactones) is 1. The van der Waals surface area contributed by atoms with Crippen LogP contribution in [0.2, 0.25) is 0 Å². The summed E-state index contributed by atoms with van der Waals surface area (Å²) in [5.74, 6) is -1.02. The zero-order valence-corrected chi connectivity index (χ0v) is 11.5. The molecular weight excluding hydrogens is 220 g/mol. The van der Waals surface area contributed by atoms with Gasteiger partial charge in [-0.05, 0) is 33.6 Å². The van der Waals surface area contributed by atoms with E-state index < -0.39 is 17.2 Å². The molecule has 0 bridgehead atoms. The second kappa shape index (κ2) is 4.31. The minimum atomic E-state index is -1.11. The Balaban J connectivity index is 2.82. The van der Waals surface area contributed by atoms with Crippen LogP contribution in [0.15, 0.2) is 0 Å². The summed E-state index contributed by atoms with van der Waals surface area (Å²) in [5.41, 5.74) is -1.68. The molecule has 3 atom stereocenters. The largest absolute Gasteiger partial charge is 0.457 e. The highest BCUT2D eigenvalue weighted by Gasteiger charge is 2.61. The van der Waals surface area contributed by atoms with Crippen molar-refractivity contribution in [2.75, 3.05) is 0 Å². The topological polar surface area (TPSA) is 52.6 Å². The number of ether oxygens (including phenoxy) is 2. The summed E-state index contributed by atoms with van der Waals surface area (Å²) in [5, 5.41) is 0. The molecule has 0 aromatic rings. The van der Waals surface area contributed by atoms with Gasteiger partial charge in [0.05, 0.1) is 0 Å². The van der Waals surface area contributed by atoms with Crippen LogP contribution in [0, 0.1) is 11.8 Å². The number of hydrogen-bond acceptors (Lipinski definition) is 4. The third-order valence-corrected chi connectivity index (χ3v) is 3.18. The Morgan fingerprint density at radius 1 is 1.53 bits per heavy atom. The first kappa shape index (κ1) is 14.0. The Morgan fingerprint density at radius 3 is 2.41 bits per heavy atom. The molecule has 0 unspecified atom stereocenters. The molecule has 1 fully saturated rings. The van der Waals surface area contributed by atoms with Crippen LogP contribution in [0.25, 0.3) is 0 Å². The molecule has 1 aliphatic heterocycles. The maximum absolute atomic E-state index is 12.0. The van der Waals surface area contributed by atoms with Gasteiger partial charge in [-0.3, -0.25) is 4.79 Å². The predicted octanol–water partition coefficient (Wildman–Crippen LogP) is 2.31. The van der Waals surface area contributed by atoms with E-state index >= 15 is 0 Å². The lowest BCUT2D eigenvalue weighted by Crippen LogP contribution is -2.63. The Bertz CT molecular complexity index is 329. The van der Waals surface area contributed by atoms with E-state index in [1.807, 2.05) is 13.8 Å². The van der Waals surface area contributed by atoms with Crippen LogP contribution in [-0.4, -0.2) is 23.1 Å². The standard InChI is InChI=1S/C13H22O4/c1-7-8(2)9-10(14)16-13(9,6)11(15)17-12(3,4)5/h8-9H,7H2,1-6H3/t8-,9-,13+/m0/s1. The lowest BCUT2D eigenvalue weighted by atomic mass is 9.74. The number of rotatable bonds is 3. The van der Waals surface area contributed by atoms with Crippen molar-refractivity contribution in [3.8, 4) is 0 Å². The summed E-state index contributed by atoms with van der Waals surface area (Å²) in [6.45, 7) is 11.0. The van der Waals surface area contributed by atoms with Crippen molar-refractivity contribution in [1.29, 1.82) is 0 Å². The number of carbonyl (C=O) groups is 2. The average Bonchev–Trinajstić information content (AvgIpc) is 2.13. The predicted molar refractivity (Wildman–Crippen MR) is 63.3 cm³/mol. The molecule has 0 aromatic carbocycles. The number of esters is 2. The first-order valence-corrected chi connectivity index (χ1v) is 6.08. The normalized spacial score (nSPS) is 30.2. The van der Waals surface area contributed by atoms with Crippen molar-refractivity contribution in [3.05, 3.63) is 0 Å². The minimum absolute atomic E-state index is 0.119. The van der Waals surface area contributed by atoms with E-state index in [9.17, 15) is 9.59 Å². The highest BCUT2D eigenvalue weighted by Crippen LogP contribution is 2.42. The van der Waals surface area contributed by atoms with Crippen LogP contribution < -0.4 is 0 Å². The van der Waals surface area contributed by atoms with Gasteiger partial charge in [0.2, 0.25) is 5.60 Å². The molecule has 1 heterocycles. The molecule has 0 aliphatic carbocycles. The van der Waals surface area contributed by atoms with Crippen molar-refractivity contribution in [3.63, 3.8) is 0 Å². The lowest BCUT2D eigenvalue weighted by Gasteiger charge is -2.46. The van der Waals surface area contributed by atoms with Gasteiger partial charge in [-0.1, -0.05) is 20.3 Å². The van der Waals surface area contributed by atoms with E-state index in [0.29, 0.717) is 0 Å². The van der Waals surface area contributed by atoms with Gasteiger partial charge in [-0.15, -0.1) is 0 Å². The SMILES string of the molecule is CC[C@H](C)[C@H]1C(=O)O[C@@]1(C)C(=O)OC(C)(C)C. The van der Waals surface area contributed by atoms with Gasteiger partial charge in [0.1, 0.15) is 11.5 Å². The summed E-state index contributed by atoms with van der Waals surface area (Å²) < 4.78 is 10.4. The quantitative estimate of drug-likeness (QED) is 0.713. The first-order chi connectivity index (χ1) is 7.62. The van der Waals surface area contributed by atoms with Crippen molar-refractivity contribution < 1.29 is 19.1 Å². The number of carbonyl (C=O) groups excluding carboxylic acids is 2. The fourth-order valence-corrected chi connectivity index (χ4v) is 2.06. The molecule has 0 radical (unpaired) electrons. The Morgan fingerprint density at radius 2 is 2.06 bits per heavy atom. The highest BCUT2D eigenvalue weighted by molar-refractivity contribution is 5.95. The maximum atomic E-state index is 12.0. The van der Waals surface area contributed by atoms with Crippen LogP contribution in [-0.2, 0) is 19.1 Å². The van der Waals surface area contributed by atoms with Gasteiger partial charge in [-0.2, -0.15) is 0 Å².